The molecule has 0 aliphatic carbocycles. The summed E-state index contributed by atoms with van der Waals surface area (Å²) in [6.07, 6.45) is 0. The highest BCUT2D eigenvalue weighted by molar-refractivity contribution is 8.13. The molecule has 160 valence electrons. The average molecular weight is 460 g/mol. The van der Waals surface area contributed by atoms with Gasteiger partial charge in [-0.15, -0.1) is 11.8 Å². The molecule has 0 amide bonds. The molecule has 0 saturated carbocycles. The fourth-order valence-electron chi connectivity index (χ4n) is 3.02. The molecule has 10 heteroatoms. The fraction of sp³-hybridized carbons (Fsp3) is 0.190. The maximum absolute atomic E-state index is 12.9. The topological polar surface area (TPSA) is 95.1 Å². The number of fused-ring (bicyclic) bond motifs is 1. The van der Waals surface area contributed by atoms with E-state index < -0.39 is 17.1 Å². The molecule has 0 fully saturated rings. The second-order valence-corrected chi connectivity index (χ2v) is 8.11. The Morgan fingerprint density at radius 1 is 1.13 bits per heavy atom. The van der Waals surface area contributed by atoms with Gasteiger partial charge >= 0.3 is 5.69 Å². The number of aromatic hydroxyl groups is 1. The lowest BCUT2D eigenvalue weighted by Crippen LogP contribution is -2.39. The van der Waals surface area contributed by atoms with Gasteiger partial charge in [-0.3, -0.25) is 13.9 Å². The van der Waals surface area contributed by atoms with Crippen LogP contribution in [0.15, 0.2) is 57.0 Å². The quantitative estimate of drug-likeness (QED) is 0.475. The van der Waals surface area contributed by atoms with Crippen LogP contribution in [0.2, 0.25) is 5.02 Å². The van der Waals surface area contributed by atoms with E-state index in [1.807, 2.05) is 18.2 Å². The summed E-state index contributed by atoms with van der Waals surface area (Å²) < 4.78 is 12.7. The Morgan fingerprint density at radius 2 is 1.81 bits per heavy atom. The predicted molar refractivity (Wildman–Crippen MR) is 120 cm³/mol. The minimum atomic E-state index is -0.639. The van der Waals surface area contributed by atoms with Crippen LogP contribution < -0.4 is 20.7 Å². The average Bonchev–Trinajstić information content (AvgIpc) is 3.22. The molecule has 0 atom stereocenters. The molecule has 1 aromatic heterocycles. The van der Waals surface area contributed by atoms with Gasteiger partial charge in [0.2, 0.25) is 12.7 Å². The van der Waals surface area contributed by atoms with Crippen LogP contribution in [0.1, 0.15) is 11.1 Å². The number of para-hydroxylation sites is 1. The Labute approximate surface area is 186 Å². The summed E-state index contributed by atoms with van der Waals surface area (Å²) in [5.74, 6) is 1.04. The first-order valence-corrected chi connectivity index (χ1v) is 10.6. The number of nitrogens with zero attached hydrogens (tertiary/aromatic N) is 3. The number of aromatic nitrogens is 2. The van der Waals surface area contributed by atoms with E-state index in [9.17, 15) is 14.7 Å². The van der Waals surface area contributed by atoms with Crippen molar-refractivity contribution < 1.29 is 14.6 Å². The van der Waals surface area contributed by atoms with Crippen LogP contribution in [-0.2, 0) is 19.8 Å². The highest BCUT2D eigenvalue weighted by atomic mass is 35.5. The minimum absolute atomic E-state index is 0.0599. The molecule has 1 aliphatic heterocycles. The van der Waals surface area contributed by atoms with E-state index in [1.165, 1.54) is 25.9 Å². The molecule has 0 unspecified atom stereocenters. The van der Waals surface area contributed by atoms with Crippen molar-refractivity contribution in [3.8, 4) is 17.4 Å². The highest BCUT2D eigenvalue weighted by Gasteiger charge is 2.22. The Balaban J connectivity index is 1.78. The van der Waals surface area contributed by atoms with E-state index in [1.54, 1.807) is 24.3 Å². The van der Waals surface area contributed by atoms with Crippen LogP contribution >= 0.6 is 23.4 Å². The summed E-state index contributed by atoms with van der Waals surface area (Å²) in [6, 6.07) is 12.5. The summed E-state index contributed by atoms with van der Waals surface area (Å²) in [5, 5.41) is 11.3. The van der Waals surface area contributed by atoms with Crippen LogP contribution in [0.5, 0.6) is 17.4 Å². The number of thioether (sulfide) groups is 1. The third-order valence-corrected chi connectivity index (χ3v) is 6.12. The molecule has 3 aromatic rings. The SMILES string of the molecule is Cn1c(O)c(C(=Nc2ccccc2)SCc2cc3c(cc2Cl)OCO3)c(=O)n(C)c1=O. The molecule has 0 saturated heterocycles. The predicted octanol–water partition coefficient (Wildman–Crippen LogP) is 3.18. The Kier molecular flexibility index (Phi) is 5.79. The number of rotatable bonds is 4. The van der Waals surface area contributed by atoms with Crippen molar-refractivity contribution in [3.05, 3.63) is 79.5 Å². The lowest BCUT2D eigenvalue weighted by Gasteiger charge is -2.13. The summed E-state index contributed by atoms with van der Waals surface area (Å²) in [4.78, 5) is 29.6. The van der Waals surface area contributed by atoms with Gasteiger partial charge in [-0.05, 0) is 23.8 Å². The molecule has 4 rings (SSSR count). The summed E-state index contributed by atoms with van der Waals surface area (Å²) in [5.41, 5.74) is 0.0129. The molecular formula is C21H18ClN3O5S. The number of ether oxygens (including phenoxy) is 2. The molecule has 0 spiro atoms. The number of hydrogen-bond acceptors (Lipinski definition) is 7. The van der Waals surface area contributed by atoms with E-state index in [-0.39, 0.29) is 17.4 Å². The summed E-state index contributed by atoms with van der Waals surface area (Å²) in [6.45, 7) is 0.130. The van der Waals surface area contributed by atoms with Gasteiger partial charge in [-0.25, -0.2) is 9.79 Å². The van der Waals surface area contributed by atoms with Crippen molar-refractivity contribution in [2.24, 2.45) is 19.1 Å². The largest absolute Gasteiger partial charge is 0.494 e. The zero-order chi connectivity index (χ0) is 22.1. The van der Waals surface area contributed by atoms with E-state index >= 15 is 0 Å². The zero-order valence-electron chi connectivity index (χ0n) is 16.7. The van der Waals surface area contributed by atoms with Crippen molar-refractivity contribution in [2.75, 3.05) is 6.79 Å². The minimum Gasteiger partial charge on any atom is -0.494 e. The van der Waals surface area contributed by atoms with E-state index in [2.05, 4.69) is 4.99 Å². The number of hydrogen-bond donors (Lipinski definition) is 1. The normalized spacial score (nSPS) is 12.9. The Morgan fingerprint density at radius 3 is 2.52 bits per heavy atom. The molecule has 8 nitrogen and oxygen atoms in total. The second-order valence-electron chi connectivity index (χ2n) is 6.74. The molecule has 2 heterocycles. The van der Waals surface area contributed by atoms with Crippen LogP contribution in [0, 0.1) is 0 Å². The van der Waals surface area contributed by atoms with E-state index in [0.29, 0.717) is 28.0 Å². The first-order chi connectivity index (χ1) is 14.9. The number of halogens is 1. The van der Waals surface area contributed by atoms with Gasteiger partial charge in [0.15, 0.2) is 11.5 Å². The summed E-state index contributed by atoms with van der Waals surface area (Å²) in [7, 11) is 2.74. The van der Waals surface area contributed by atoms with Crippen LogP contribution in [0.3, 0.4) is 0 Å². The van der Waals surface area contributed by atoms with Crippen LogP contribution in [-0.4, -0.2) is 26.1 Å². The monoisotopic (exact) mass is 459 g/mol. The van der Waals surface area contributed by atoms with Crippen molar-refractivity contribution in [2.45, 2.75) is 5.75 Å². The van der Waals surface area contributed by atoms with Gasteiger partial charge in [0.05, 0.1) is 5.69 Å². The fourth-order valence-corrected chi connectivity index (χ4v) is 4.34. The van der Waals surface area contributed by atoms with Crippen molar-refractivity contribution in [1.82, 2.24) is 9.13 Å². The molecule has 1 aliphatic rings. The zero-order valence-corrected chi connectivity index (χ0v) is 18.2. The molecular weight excluding hydrogens is 442 g/mol. The van der Waals surface area contributed by atoms with E-state index in [4.69, 9.17) is 21.1 Å². The molecule has 31 heavy (non-hydrogen) atoms. The van der Waals surface area contributed by atoms with Gasteiger partial charge in [0, 0.05) is 30.9 Å². The van der Waals surface area contributed by atoms with Crippen LogP contribution in [0.4, 0.5) is 5.69 Å². The molecule has 1 N–H and O–H groups in total. The second kappa shape index (κ2) is 8.52. The van der Waals surface area contributed by atoms with Gasteiger partial charge in [0.1, 0.15) is 10.6 Å². The maximum Gasteiger partial charge on any atom is 0.333 e. The van der Waals surface area contributed by atoms with Gasteiger partial charge in [-0.1, -0.05) is 29.8 Å². The first kappa shape index (κ1) is 21.1. The summed E-state index contributed by atoms with van der Waals surface area (Å²) >= 11 is 7.60. The van der Waals surface area contributed by atoms with Gasteiger partial charge in [0.25, 0.3) is 5.56 Å². The standard InChI is InChI=1S/C21H18ClN3O5S/c1-24-19(26)17(20(27)25(2)21(24)28)18(23-13-6-4-3-5-7-13)31-10-12-8-15-16(9-14(12)22)30-11-29-15/h3-9,26H,10-11H2,1-2H3. The third-order valence-electron chi connectivity index (χ3n) is 4.74. The first-order valence-electron chi connectivity index (χ1n) is 9.20. The van der Waals surface area contributed by atoms with Crippen molar-refractivity contribution in [3.63, 3.8) is 0 Å². The van der Waals surface area contributed by atoms with Crippen molar-refractivity contribution >= 4 is 34.1 Å². The van der Waals surface area contributed by atoms with Crippen molar-refractivity contribution in [1.29, 1.82) is 0 Å². The number of aliphatic imine (C=N–C) groups is 1. The van der Waals surface area contributed by atoms with E-state index in [0.717, 1.165) is 14.7 Å². The van der Waals surface area contributed by atoms with Gasteiger partial charge < -0.3 is 14.6 Å². The smallest absolute Gasteiger partial charge is 0.333 e. The molecule has 0 bridgehead atoms. The Bertz CT molecular complexity index is 1300. The Hall–Kier alpha value is -3.17. The lowest BCUT2D eigenvalue weighted by molar-refractivity contribution is 0.174. The highest BCUT2D eigenvalue weighted by Crippen LogP contribution is 2.38. The number of benzene rings is 2. The maximum atomic E-state index is 12.9. The molecule has 2 aromatic carbocycles. The lowest BCUT2D eigenvalue weighted by atomic mass is 10.2. The third kappa shape index (κ3) is 4.06. The molecule has 0 radical (unpaired) electrons. The van der Waals surface area contributed by atoms with Crippen LogP contribution in [0.25, 0.3) is 0 Å². The van der Waals surface area contributed by atoms with Gasteiger partial charge in [-0.2, -0.15) is 0 Å².